The van der Waals surface area contributed by atoms with E-state index < -0.39 is 0 Å². The Labute approximate surface area is 165 Å². The third-order valence-electron chi connectivity index (χ3n) is 5.09. The zero-order chi connectivity index (χ0) is 18.5. The molecule has 1 aliphatic heterocycles. The first-order valence-corrected chi connectivity index (χ1v) is 10.4. The molecule has 3 aromatic rings. The molecule has 0 saturated heterocycles. The van der Waals surface area contributed by atoms with E-state index in [-0.39, 0.29) is 17.9 Å². The van der Waals surface area contributed by atoms with Crippen LogP contribution in [0.3, 0.4) is 0 Å². The number of hydrogen-bond donors (Lipinski definition) is 1. The lowest BCUT2D eigenvalue weighted by Crippen LogP contribution is -2.31. The molecule has 0 saturated carbocycles. The summed E-state index contributed by atoms with van der Waals surface area (Å²) in [5, 5.41) is 3.29. The molecular formula is C24H23NOS. The molecule has 0 aliphatic carbocycles. The Morgan fingerprint density at radius 3 is 2.15 bits per heavy atom. The summed E-state index contributed by atoms with van der Waals surface area (Å²) in [6.07, 6.45) is 1.44. The Kier molecular flexibility index (Phi) is 5.59. The maximum absolute atomic E-state index is 13.0. The van der Waals surface area contributed by atoms with Crippen LogP contribution in [-0.2, 0) is 4.79 Å². The predicted molar refractivity (Wildman–Crippen MR) is 112 cm³/mol. The zero-order valence-corrected chi connectivity index (χ0v) is 16.0. The largest absolute Gasteiger partial charge is 0.349 e. The summed E-state index contributed by atoms with van der Waals surface area (Å²) >= 11 is 1.88. The SMILES string of the molecule is O=C(CC(c1ccccc1)c1ccccc1)N[C@H]1CCSc2ccccc21. The van der Waals surface area contributed by atoms with E-state index in [1.165, 1.54) is 21.6 Å². The molecule has 27 heavy (non-hydrogen) atoms. The fourth-order valence-corrected chi connectivity index (χ4v) is 4.85. The summed E-state index contributed by atoms with van der Waals surface area (Å²) in [5.41, 5.74) is 3.61. The molecule has 0 radical (unpaired) electrons. The fraction of sp³-hybridized carbons (Fsp3) is 0.208. The highest BCUT2D eigenvalue weighted by atomic mass is 32.2. The van der Waals surface area contributed by atoms with Gasteiger partial charge in [-0.2, -0.15) is 0 Å². The lowest BCUT2D eigenvalue weighted by Gasteiger charge is -2.27. The van der Waals surface area contributed by atoms with Gasteiger partial charge in [-0.3, -0.25) is 4.79 Å². The number of carbonyl (C=O) groups excluding carboxylic acids is 1. The molecule has 0 unspecified atom stereocenters. The molecule has 1 N–H and O–H groups in total. The quantitative estimate of drug-likeness (QED) is 0.634. The van der Waals surface area contributed by atoms with Crippen molar-refractivity contribution in [3.63, 3.8) is 0 Å². The third kappa shape index (κ3) is 4.25. The van der Waals surface area contributed by atoms with Gasteiger partial charge in [-0.15, -0.1) is 11.8 Å². The Hall–Kier alpha value is -2.52. The van der Waals surface area contributed by atoms with Gasteiger partial charge >= 0.3 is 0 Å². The van der Waals surface area contributed by atoms with Gasteiger partial charge in [0.2, 0.25) is 5.91 Å². The summed E-state index contributed by atoms with van der Waals surface area (Å²) < 4.78 is 0. The molecule has 1 atom stereocenters. The first-order valence-electron chi connectivity index (χ1n) is 9.42. The van der Waals surface area contributed by atoms with Gasteiger partial charge in [-0.25, -0.2) is 0 Å². The van der Waals surface area contributed by atoms with Gasteiger partial charge in [0.1, 0.15) is 0 Å². The van der Waals surface area contributed by atoms with Crippen LogP contribution in [0.4, 0.5) is 0 Å². The van der Waals surface area contributed by atoms with E-state index in [4.69, 9.17) is 0 Å². The Balaban J connectivity index is 1.53. The highest BCUT2D eigenvalue weighted by Crippen LogP contribution is 2.36. The minimum Gasteiger partial charge on any atom is -0.349 e. The normalized spacial score (nSPS) is 16.0. The van der Waals surface area contributed by atoms with E-state index in [0.29, 0.717) is 6.42 Å². The Morgan fingerprint density at radius 1 is 0.889 bits per heavy atom. The highest BCUT2D eigenvalue weighted by molar-refractivity contribution is 7.99. The lowest BCUT2D eigenvalue weighted by atomic mass is 9.88. The smallest absolute Gasteiger partial charge is 0.221 e. The number of amides is 1. The van der Waals surface area contributed by atoms with Crippen molar-refractivity contribution in [1.82, 2.24) is 5.32 Å². The van der Waals surface area contributed by atoms with Crippen LogP contribution in [0, 0.1) is 0 Å². The number of rotatable bonds is 5. The average molecular weight is 374 g/mol. The number of thioether (sulfide) groups is 1. The Bertz CT molecular complexity index is 855. The van der Waals surface area contributed by atoms with Crippen molar-refractivity contribution in [2.45, 2.75) is 29.7 Å². The van der Waals surface area contributed by atoms with E-state index in [1.807, 2.05) is 48.2 Å². The van der Waals surface area contributed by atoms with E-state index in [2.05, 4.69) is 53.8 Å². The van der Waals surface area contributed by atoms with E-state index in [0.717, 1.165) is 12.2 Å². The molecule has 0 spiro atoms. The summed E-state index contributed by atoms with van der Waals surface area (Å²) in [6.45, 7) is 0. The zero-order valence-electron chi connectivity index (χ0n) is 15.2. The molecule has 2 nitrogen and oxygen atoms in total. The van der Waals surface area contributed by atoms with Crippen LogP contribution in [0.5, 0.6) is 0 Å². The van der Waals surface area contributed by atoms with Crippen LogP contribution in [0.15, 0.2) is 89.8 Å². The van der Waals surface area contributed by atoms with Gasteiger partial charge in [0.15, 0.2) is 0 Å². The van der Waals surface area contributed by atoms with Gasteiger partial charge in [-0.1, -0.05) is 78.9 Å². The molecule has 3 heteroatoms. The standard InChI is InChI=1S/C24H23NOS/c26-24(25-22-15-16-27-23-14-8-7-13-20(22)23)17-21(18-9-3-1-4-10-18)19-11-5-2-6-12-19/h1-14,21-22H,15-17H2,(H,25,26)/t22-/m0/s1. The molecule has 1 amide bonds. The first-order chi connectivity index (χ1) is 13.3. The first kappa shape index (κ1) is 17.9. The molecule has 1 aliphatic rings. The fourth-order valence-electron chi connectivity index (χ4n) is 3.73. The third-order valence-corrected chi connectivity index (χ3v) is 6.21. The van der Waals surface area contributed by atoms with Crippen LogP contribution < -0.4 is 5.32 Å². The molecule has 1 heterocycles. The lowest BCUT2D eigenvalue weighted by molar-refractivity contribution is -0.122. The van der Waals surface area contributed by atoms with E-state index in [9.17, 15) is 4.79 Å². The minimum atomic E-state index is 0.0700. The van der Waals surface area contributed by atoms with Crippen molar-refractivity contribution in [2.75, 3.05) is 5.75 Å². The van der Waals surface area contributed by atoms with Crippen LogP contribution in [0.2, 0.25) is 0 Å². The van der Waals surface area contributed by atoms with E-state index >= 15 is 0 Å². The molecular weight excluding hydrogens is 350 g/mol. The summed E-state index contributed by atoms with van der Waals surface area (Å²) in [4.78, 5) is 14.2. The van der Waals surface area contributed by atoms with E-state index in [1.54, 1.807) is 0 Å². The molecule has 0 aromatic heterocycles. The number of fused-ring (bicyclic) bond motifs is 1. The second kappa shape index (κ2) is 8.45. The average Bonchev–Trinajstić information content (AvgIpc) is 2.73. The summed E-state index contributed by atoms with van der Waals surface area (Å²) in [5.74, 6) is 1.22. The summed E-state index contributed by atoms with van der Waals surface area (Å²) in [7, 11) is 0. The molecule has 0 fully saturated rings. The molecule has 0 bridgehead atoms. The monoisotopic (exact) mass is 373 g/mol. The number of nitrogens with one attached hydrogen (secondary N) is 1. The van der Waals surface area contributed by atoms with Gasteiger partial charge in [0.05, 0.1) is 6.04 Å². The highest BCUT2D eigenvalue weighted by Gasteiger charge is 2.24. The maximum atomic E-state index is 13.0. The van der Waals surface area contributed by atoms with Crippen molar-refractivity contribution in [1.29, 1.82) is 0 Å². The molecule has 4 rings (SSSR count). The van der Waals surface area contributed by atoms with Gasteiger partial charge in [0, 0.05) is 23.0 Å². The van der Waals surface area contributed by atoms with Crippen LogP contribution in [0.1, 0.15) is 41.5 Å². The van der Waals surface area contributed by atoms with Crippen LogP contribution in [0.25, 0.3) is 0 Å². The van der Waals surface area contributed by atoms with Crippen molar-refractivity contribution >= 4 is 17.7 Å². The van der Waals surface area contributed by atoms with Crippen molar-refractivity contribution in [2.24, 2.45) is 0 Å². The van der Waals surface area contributed by atoms with Crippen LogP contribution in [-0.4, -0.2) is 11.7 Å². The summed E-state index contributed by atoms with van der Waals surface area (Å²) in [6, 6.07) is 29.1. The van der Waals surface area contributed by atoms with Gasteiger partial charge in [0.25, 0.3) is 0 Å². The van der Waals surface area contributed by atoms with Crippen molar-refractivity contribution in [3.05, 3.63) is 102 Å². The number of carbonyl (C=O) groups is 1. The number of benzene rings is 3. The molecule has 136 valence electrons. The van der Waals surface area contributed by atoms with Crippen molar-refractivity contribution in [3.8, 4) is 0 Å². The topological polar surface area (TPSA) is 29.1 Å². The minimum absolute atomic E-state index is 0.0700. The van der Waals surface area contributed by atoms with Crippen LogP contribution >= 0.6 is 11.8 Å². The van der Waals surface area contributed by atoms with Crippen molar-refractivity contribution < 1.29 is 4.79 Å². The second-order valence-electron chi connectivity index (χ2n) is 6.87. The predicted octanol–water partition coefficient (Wildman–Crippen LogP) is 5.56. The Morgan fingerprint density at radius 2 is 1.48 bits per heavy atom. The maximum Gasteiger partial charge on any atom is 0.221 e. The second-order valence-corrected chi connectivity index (χ2v) is 8.01. The molecule has 3 aromatic carbocycles. The van der Waals surface area contributed by atoms with Gasteiger partial charge in [-0.05, 0) is 29.2 Å². The number of hydrogen-bond acceptors (Lipinski definition) is 2. The van der Waals surface area contributed by atoms with Gasteiger partial charge < -0.3 is 5.32 Å².